The molecule has 1 aromatic carbocycles. The van der Waals surface area contributed by atoms with Crippen molar-refractivity contribution in [3.63, 3.8) is 0 Å². The quantitative estimate of drug-likeness (QED) is 0.0288. The Kier molecular flexibility index (Phi) is 31.1. The molecule has 0 spiro atoms. The van der Waals surface area contributed by atoms with Gasteiger partial charge in [0.15, 0.2) is 77.1 Å². The van der Waals surface area contributed by atoms with E-state index in [4.69, 9.17) is 123 Å². The molecule has 47 nitrogen and oxygen atoms in total. The van der Waals surface area contributed by atoms with Crippen LogP contribution in [0.2, 0.25) is 0 Å². The maximum absolute atomic E-state index is 11.9. The van der Waals surface area contributed by atoms with Crippen molar-refractivity contribution in [3.05, 3.63) is 88.1 Å². The lowest BCUT2D eigenvalue weighted by atomic mass is 9.94. The number of ether oxygens (including phenoxy) is 18. The third kappa shape index (κ3) is 22.0. The highest BCUT2D eigenvalue weighted by atomic mass is 16.8. The number of azide groups is 5. The van der Waals surface area contributed by atoms with Crippen LogP contribution in [0.25, 0.3) is 52.2 Å². The fraction of sp³-hybridized carbons (Fsp3) is 0.846. The van der Waals surface area contributed by atoms with Gasteiger partial charge in [0, 0.05) is 30.1 Å². The lowest BCUT2D eigenvalue weighted by Gasteiger charge is -2.31. The van der Waals surface area contributed by atoms with Crippen LogP contribution in [0.5, 0.6) is 0 Å². The summed E-state index contributed by atoms with van der Waals surface area (Å²) < 4.78 is 96.6. The zero-order chi connectivity index (χ0) is 83.2. The molecule has 10 N–H and O–H groups in total. The monoisotopic (exact) mass is 1600 g/mol. The zero-order valence-electron chi connectivity index (χ0n) is 63.9. The standard InChI is InChI=1S/C14H19NO4.C9H14N6O3.C9H15N3O5.C9H17N3O5.C8H11N3O4.2C8H12O5/c1-2-11-12(16)14(18,9-19-11)8-15-13(17)10-6-4-3-5-7-10;1-8(2)17-7-6(3-12-14-10)16-5-9(7,18-8)4-13-15-11;1-8(2)16-6-5(3-11-12-10)15-7(14)9(6,4-13)17-8;1-8(2)16-7(6(15)3-11-12-10)9(4-13,5-14)17-8;1-8(2)14-5-4(3-10-11-9)13-7(12)6(5)15-8;2*1-8(2)12-5-4(3-9)11-7(10)6(5)13-8/h3-7,11-12,16,18H,2,8-9H2,1H3,(H,15,17);6-7H,3-5H2,1-2H3;5-7,13-14H,3-4H2,1-2H3;6-7,13-15H,3-5H2,1-2H3;4-6H,3H2,1-2H3;2*4-6,9H,3H2,1-2H3/t11-,12+,14-;6-,7+,9-;5-,6+,7?,9+;6-,7+;2*4-,5+,6+;4-,5-,6-/m0000001/s1. The average Bonchev–Trinajstić information content (AvgIpc) is 1.57. The van der Waals surface area contributed by atoms with Gasteiger partial charge in [-0.25, -0.2) is 14.4 Å². The predicted octanol–water partition coefficient (Wildman–Crippen LogP) is 1.23. The van der Waals surface area contributed by atoms with Crippen LogP contribution in [0.15, 0.2) is 55.9 Å². The number of aliphatic hydroxyl groups is 9. The van der Waals surface area contributed by atoms with Gasteiger partial charge >= 0.3 is 17.9 Å². The number of cyclic esters (lactones) is 3. The second kappa shape index (κ2) is 38.0. The van der Waals surface area contributed by atoms with Crippen molar-refractivity contribution in [1.29, 1.82) is 0 Å². The van der Waals surface area contributed by atoms with Gasteiger partial charge in [0.1, 0.15) is 65.6 Å². The molecule has 47 heteroatoms. The lowest BCUT2D eigenvalue weighted by molar-refractivity contribution is -0.251. The fourth-order valence-corrected chi connectivity index (χ4v) is 14.0. The molecule has 0 aliphatic carbocycles. The smallest absolute Gasteiger partial charge is 0.338 e. The summed E-state index contributed by atoms with van der Waals surface area (Å²) in [5, 5.41) is 105. The van der Waals surface area contributed by atoms with Gasteiger partial charge in [0.05, 0.1) is 110 Å². The normalized spacial score (nSPS) is 36.4. The number of rotatable bonds is 20. The summed E-state index contributed by atoms with van der Waals surface area (Å²) in [5.74, 6) is -6.67. The van der Waals surface area contributed by atoms with E-state index in [0.29, 0.717) is 12.0 Å². The van der Waals surface area contributed by atoms with Gasteiger partial charge in [-0.05, 0) is 129 Å². The highest BCUT2D eigenvalue weighted by Crippen LogP contribution is 2.48. The van der Waals surface area contributed by atoms with Crippen molar-refractivity contribution in [2.45, 2.75) is 264 Å². The van der Waals surface area contributed by atoms with E-state index >= 15 is 0 Å². The minimum absolute atomic E-state index is 0.0133. The van der Waals surface area contributed by atoms with Gasteiger partial charge in [0.25, 0.3) is 5.91 Å². The van der Waals surface area contributed by atoms with Gasteiger partial charge in [-0.1, -0.05) is 50.7 Å². The number of fused-ring (bicyclic) bond motifs is 5. The molecule has 626 valence electrons. The van der Waals surface area contributed by atoms with Gasteiger partial charge in [0.2, 0.25) is 0 Å². The van der Waals surface area contributed by atoms with Crippen molar-refractivity contribution in [2.75, 3.05) is 85.5 Å². The van der Waals surface area contributed by atoms with Crippen LogP contribution in [0, 0.1) is 0 Å². The Bertz CT molecular complexity index is 3570. The van der Waals surface area contributed by atoms with Gasteiger partial charge in [-0.2, -0.15) is 0 Å². The number of carbonyl (C=O) groups is 4. The van der Waals surface area contributed by atoms with Crippen LogP contribution >= 0.6 is 0 Å². The Hall–Kier alpha value is -7.31. The molecule has 12 saturated heterocycles. The summed E-state index contributed by atoms with van der Waals surface area (Å²) in [5.41, 5.74) is 37.0. The molecule has 12 fully saturated rings. The van der Waals surface area contributed by atoms with E-state index in [-0.39, 0.29) is 83.8 Å². The van der Waals surface area contributed by atoms with Gasteiger partial charge in [-0.3, -0.25) is 4.79 Å². The highest BCUT2D eigenvalue weighted by Gasteiger charge is 2.67. The maximum atomic E-state index is 11.9. The molecular weight excluding hydrogens is 1500 g/mol. The third-order valence-corrected chi connectivity index (χ3v) is 18.7. The SMILES string of the molecule is CC1(C)O[C@@H]2[C@@H](CO)OC(=O)[C@@H]2O1.CC1(C)O[C@@H]2[C@H](CN=[N+]=[N-])OC(=O)[C@@H]2O1.CC1(C)O[C@@H]2[C@H](CN=[N+]=[N-])OC(O)[C@]2(CO)O1.CC1(C)O[C@@H]2[C@H](CN=[N+]=[N-])OC[C@]2(CN=[N+]=[N-])O1.CC1(C)O[C@@H]2[C@H](CO)OC(=O)[C@@H]2O1.CC1(C)O[C@H]([C@@H](O)CN=[N+]=[N-])C(CO)(CO)O1.CC[C@@H]1OC[C@@](O)(CNC(=O)c2ccccc2)[C@@H]1O. The third-order valence-electron chi connectivity index (χ3n) is 18.7. The van der Waals surface area contributed by atoms with Crippen LogP contribution in [-0.4, -0.2) is 322 Å². The number of carbonyl (C=O) groups excluding carboxylic acids is 4. The van der Waals surface area contributed by atoms with Crippen molar-refractivity contribution in [3.8, 4) is 0 Å². The summed E-state index contributed by atoms with van der Waals surface area (Å²) in [6.45, 7) is 20.9. The van der Waals surface area contributed by atoms with Gasteiger partial charge in [-0.15, -0.1) is 0 Å². The molecule has 1 unspecified atom stereocenters. The molecular formula is C65H100N16O31. The Labute approximate surface area is 640 Å². The van der Waals surface area contributed by atoms with Crippen LogP contribution < -0.4 is 5.32 Å². The summed E-state index contributed by atoms with van der Waals surface area (Å²) >= 11 is 0. The Morgan fingerprint density at radius 3 is 1.44 bits per heavy atom. The van der Waals surface area contributed by atoms with E-state index in [9.17, 15) is 54.9 Å². The minimum atomic E-state index is -1.41. The van der Waals surface area contributed by atoms with E-state index in [2.05, 4.69) is 55.4 Å². The zero-order valence-corrected chi connectivity index (χ0v) is 63.9. The second-order valence-corrected chi connectivity index (χ2v) is 29.9. The van der Waals surface area contributed by atoms with E-state index in [1.807, 2.05) is 13.0 Å². The molecule has 12 heterocycles. The lowest BCUT2D eigenvalue weighted by Crippen LogP contribution is -2.53. The molecule has 21 atom stereocenters. The van der Waals surface area contributed by atoms with Crippen molar-refractivity contribution in [2.24, 2.45) is 25.6 Å². The van der Waals surface area contributed by atoms with Crippen LogP contribution in [0.4, 0.5) is 0 Å². The van der Waals surface area contributed by atoms with E-state index in [1.54, 1.807) is 107 Å². The van der Waals surface area contributed by atoms with Crippen LogP contribution in [0.1, 0.15) is 107 Å². The van der Waals surface area contributed by atoms with Crippen molar-refractivity contribution < 1.29 is 150 Å². The van der Waals surface area contributed by atoms with Crippen LogP contribution in [0.3, 0.4) is 0 Å². The predicted molar refractivity (Wildman–Crippen MR) is 371 cm³/mol. The highest BCUT2D eigenvalue weighted by molar-refractivity contribution is 5.94. The second-order valence-electron chi connectivity index (χ2n) is 29.9. The fourth-order valence-electron chi connectivity index (χ4n) is 14.0. The van der Waals surface area contributed by atoms with Crippen molar-refractivity contribution in [1.82, 2.24) is 5.32 Å². The molecule has 0 saturated carbocycles. The summed E-state index contributed by atoms with van der Waals surface area (Å²) in [6.07, 6.45) is -11.4. The number of esters is 3. The molecule has 12 aliphatic heterocycles. The molecule has 1 aromatic rings. The Morgan fingerprint density at radius 1 is 0.527 bits per heavy atom. The molecule has 0 radical (unpaired) electrons. The summed E-state index contributed by atoms with van der Waals surface area (Å²) in [6, 6.07) is 8.74. The van der Waals surface area contributed by atoms with Crippen LogP contribution in [-0.2, 0) is 99.6 Å². The molecule has 112 heavy (non-hydrogen) atoms. The first kappa shape index (κ1) is 91.9. The number of amides is 1. The van der Waals surface area contributed by atoms with E-state index < -0.39 is 193 Å². The average molecular weight is 1600 g/mol. The molecule has 0 aromatic heterocycles. The number of aliphatic hydroxyl groups excluding tert-OH is 8. The number of benzene rings is 1. The maximum Gasteiger partial charge on any atom is 0.338 e. The summed E-state index contributed by atoms with van der Waals surface area (Å²) in [7, 11) is 0. The largest absolute Gasteiger partial charge is 0.457 e. The summed E-state index contributed by atoms with van der Waals surface area (Å²) in [4.78, 5) is 58.8. The minimum Gasteiger partial charge on any atom is -0.457 e. The van der Waals surface area contributed by atoms with Gasteiger partial charge < -0.3 is 137 Å². The number of nitrogens with zero attached hydrogens (tertiary/aromatic N) is 15. The van der Waals surface area contributed by atoms with E-state index in [0.717, 1.165) is 0 Å². The number of nitrogens with one attached hydrogen (secondary N) is 1. The molecule has 12 aliphatic rings. The molecule has 1 amide bonds. The molecule has 0 bridgehead atoms. The first-order chi connectivity index (χ1) is 52.5. The van der Waals surface area contributed by atoms with E-state index in [1.165, 1.54) is 0 Å². The molecule has 13 rings (SSSR count). The Morgan fingerprint density at radius 2 is 0.973 bits per heavy atom. The topological polar surface area (TPSA) is 672 Å². The number of hydrogen-bond donors (Lipinski definition) is 10. The van der Waals surface area contributed by atoms with Crippen molar-refractivity contribution >= 4 is 23.8 Å². The first-order valence-corrected chi connectivity index (χ1v) is 35.4. The Balaban J connectivity index is 0.000000182. The number of hydrogen-bond acceptors (Lipinski definition) is 36. The first-order valence-electron chi connectivity index (χ1n) is 35.4.